The number of piperidine rings is 1. The van der Waals surface area contributed by atoms with E-state index < -0.39 is 0 Å². The van der Waals surface area contributed by atoms with Crippen molar-refractivity contribution in [2.75, 3.05) is 19.7 Å². The van der Waals surface area contributed by atoms with Crippen LogP contribution < -0.4 is 10.5 Å². The van der Waals surface area contributed by atoms with E-state index in [9.17, 15) is 4.79 Å². The van der Waals surface area contributed by atoms with E-state index in [1.54, 1.807) is 6.08 Å². The molecule has 0 aromatic heterocycles. The molecule has 3 aromatic rings. The van der Waals surface area contributed by atoms with Gasteiger partial charge in [0.25, 0.3) is 0 Å². The molecular formula is C28H28N2O2. The van der Waals surface area contributed by atoms with Gasteiger partial charge in [0.1, 0.15) is 5.75 Å². The van der Waals surface area contributed by atoms with Gasteiger partial charge in [-0.25, -0.2) is 0 Å². The zero-order valence-corrected chi connectivity index (χ0v) is 18.2. The van der Waals surface area contributed by atoms with Crippen LogP contribution >= 0.6 is 0 Å². The Bertz CT molecular complexity index is 1130. The molecule has 2 heterocycles. The molecule has 2 aliphatic heterocycles. The van der Waals surface area contributed by atoms with Crippen molar-refractivity contribution in [2.24, 2.45) is 5.73 Å². The van der Waals surface area contributed by atoms with Crippen molar-refractivity contribution in [1.82, 2.24) is 4.90 Å². The van der Waals surface area contributed by atoms with E-state index in [0.717, 1.165) is 42.8 Å². The van der Waals surface area contributed by atoms with Gasteiger partial charge in [-0.05, 0) is 47.2 Å². The second kappa shape index (κ2) is 8.64. The lowest BCUT2D eigenvalue weighted by atomic mass is 9.74. The van der Waals surface area contributed by atoms with Crippen molar-refractivity contribution in [3.05, 3.63) is 95.6 Å². The monoisotopic (exact) mass is 424 g/mol. The van der Waals surface area contributed by atoms with Crippen molar-refractivity contribution in [2.45, 2.75) is 24.8 Å². The molecule has 1 spiro atoms. The van der Waals surface area contributed by atoms with Crippen LogP contribution in [0.3, 0.4) is 0 Å². The molecule has 1 amide bonds. The van der Waals surface area contributed by atoms with Crippen LogP contribution in [0.15, 0.2) is 78.9 Å². The number of hydrogen-bond acceptors (Lipinski definition) is 3. The first-order chi connectivity index (χ1) is 15.7. The maximum atomic E-state index is 12.8. The number of carbonyl (C=O) groups is 1. The number of hydrogen-bond donors (Lipinski definition) is 1. The summed E-state index contributed by atoms with van der Waals surface area (Å²) < 4.78 is 5.98. The molecule has 0 radical (unpaired) electrons. The minimum Gasteiger partial charge on any atom is -0.492 e. The summed E-state index contributed by atoms with van der Waals surface area (Å²) in [4.78, 5) is 14.7. The molecule has 4 nitrogen and oxygen atoms in total. The molecule has 0 atom stereocenters. The molecule has 0 aliphatic carbocycles. The van der Waals surface area contributed by atoms with E-state index in [2.05, 4.69) is 42.5 Å². The smallest absolute Gasteiger partial charge is 0.246 e. The molecular weight excluding hydrogens is 396 g/mol. The van der Waals surface area contributed by atoms with Crippen LogP contribution in [0.25, 0.3) is 17.2 Å². The fourth-order valence-corrected chi connectivity index (χ4v) is 4.80. The number of nitrogens with zero attached hydrogens (tertiary/aromatic N) is 1. The second-order valence-electron chi connectivity index (χ2n) is 8.75. The van der Waals surface area contributed by atoms with Gasteiger partial charge < -0.3 is 15.4 Å². The van der Waals surface area contributed by atoms with E-state index in [-0.39, 0.29) is 11.3 Å². The molecule has 1 saturated heterocycles. The lowest BCUT2D eigenvalue weighted by molar-refractivity contribution is -0.127. The summed E-state index contributed by atoms with van der Waals surface area (Å²) in [6.45, 7) is 2.71. The van der Waals surface area contributed by atoms with Crippen LogP contribution in [0.2, 0.25) is 0 Å². The lowest BCUT2D eigenvalue weighted by Gasteiger charge is -2.38. The molecule has 0 saturated carbocycles. The van der Waals surface area contributed by atoms with Gasteiger partial charge in [0, 0.05) is 36.7 Å². The van der Waals surface area contributed by atoms with Crippen molar-refractivity contribution in [3.8, 4) is 16.9 Å². The lowest BCUT2D eigenvalue weighted by Crippen LogP contribution is -2.45. The van der Waals surface area contributed by atoms with Crippen LogP contribution in [0, 0.1) is 0 Å². The van der Waals surface area contributed by atoms with Crippen molar-refractivity contribution in [1.29, 1.82) is 0 Å². The Kier molecular flexibility index (Phi) is 5.54. The Balaban J connectivity index is 1.22. The molecule has 3 aromatic carbocycles. The van der Waals surface area contributed by atoms with Crippen LogP contribution in [0.1, 0.15) is 29.5 Å². The third-order valence-electron chi connectivity index (χ3n) is 6.82. The predicted molar refractivity (Wildman–Crippen MR) is 128 cm³/mol. The van der Waals surface area contributed by atoms with Gasteiger partial charge in [-0.2, -0.15) is 0 Å². The van der Waals surface area contributed by atoms with E-state index in [1.807, 2.05) is 41.3 Å². The molecule has 2 aliphatic rings. The van der Waals surface area contributed by atoms with Gasteiger partial charge in [-0.3, -0.25) is 4.79 Å². The fourth-order valence-electron chi connectivity index (χ4n) is 4.80. The SMILES string of the molecule is NCc1ccc2c(c1)C1(CCN(C(=O)C=Cc3ccc(-c4ccccc4)cc3)CC1)CO2. The Labute approximate surface area is 189 Å². The maximum absolute atomic E-state index is 12.8. The molecule has 162 valence electrons. The summed E-state index contributed by atoms with van der Waals surface area (Å²) in [5.74, 6) is 1.04. The van der Waals surface area contributed by atoms with E-state index in [0.29, 0.717) is 13.2 Å². The predicted octanol–water partition coefficient (Wildman–Crippen LogP) is 4.78. The number of amides is 1. The molecule has 2 N–H and O–H groups in total. The Morgan fingerprint density at radius 1 is 0.969 bits per heavy atom. The number of rotatable bonds is 4. The van der Waals surface area contributed by atoms with E-state index in [1.165, 1.54) is 16.7 Å². The highest BCUT2D eigenvalue weighted by atomic mass is 16.5. The first-order valence-corrected chi connectivity index (χ1v) is 11.3. The summed E-state index contributed by atoms with van der Waals surface area (Å²) in [7, 11) is 0. The summed E-state index contributed by atoms with van der Waals surface area (Å²) in [6.07, 6.45) is 5.43. The minimum atomic E-state index is 0.00821. The van der Waals surface area contributed by atoms with Gasteiger partial charge in [-0.1, -0.05) is 66.7 Å². The molecule has 0 unspecified atom stereocenters. The number of likely N-dealkylation sites (tertiary alicyclic amines) is 1. The number of ether oxygens (including phenoxy) is 1. The molecule has 32 heavy (non-hydrogen) atoms. The Hall–Kier alpha value is -3.37. The summed E-state index contributed by atoms with van der Waals surface area (Å²) in [5, 5.41) is 0. The third kappa shape index (κ3) is 3.94. The van der Waals surface area contributed by atoms with Crippen molar-refractivity contribution < 1.29 is 9.53 Å². The maximum Gasteiger partial charge on any atom is 0.246 e. The van der Waals surface area contributed by atoms with Gasteiger partial charge in [0.05, 0.1) is 6.61 Å². The number of nitrogens with two attached hydrogens (primary N) is 1. The van der Waals surface area contributed by atoms with Crippen LogP contribution in [-0.2, 0) is 16.8 Å². The van der Waals surface area contributed by atoms with Crippen LogP contribution in [0.5, 0.6) is 5.75 Å². The van der Waals surface area contributed by atoms with Crippen molar-refractivity contribution >= 4 is 12.0 Å². The largest absolute Gasteiger partial charge is 0.492 e. The third-order valence-corrected chi connectivity index (χ3v) is 6.82. The number of fused-ring (bicyclic) bond motifs is 2. The molecule has 1 fully saturated rings. The quantitative estimate of drug-likeness (QED) is 0.614. The average molecular weight is 425 g/mol. The highest BCUT2D eigenvalue weighted by Gasteiger charge is 2.43. The van der Waals surface area contributed by atoms with Crippen LogP contribution in [0.4, 0.5) is 0 Å². The first kappa shape index (κ1) is 20.5. The normalized spacial score (nSPS) is 16.8. The summed E-state index contributed by atoms with van der Waals surface area (Å²) in [6, 6.07) is 24.9. The molecule has 4 heteroatoms. The second-order valence-corrected chi connectivity index (χ2v) is 8.75. The first-order valence-electron chi connectivity index (χ1n) is 11.3. The summed E-state index contributed by atoms with van der Waals surface area (Å²) >= 11 is 0. The molecule has 5 rings (SSSR count). The topological polar surface area (TPSA) is 55.6 Å². The van der Waals surface area contributed by atoms with Crippen molar-refractivity contribution in [3.63, 3.8) is 0 Å². The average Bonchev–Trinajstić information content (AvgIpc) is 3.21. The molecule has 0 bridgehead atoms. The zero-order chi connectivity index (χ0) is 22.0. The summed E-state index contributed by atoms with van der Waals surface area (Å²) in [5.41, 5.74) is 11.6. The van der Waals surface area contributed by atoms with Gasteiger partial charge >= 0.3 is 0 Å². The van der Waals surface area contributed by atoms with Gasteiger partial charge in [0.15, 0.2) is 0 Å². The highest BCUT2D eigenvalue weighted by Crippen LogP contribution is 2.45. The van der Waals surface area contributed by atoms with E-state index >= 15 is 0 Å². The van der Waals surface area contributed by atoms with Gasteiger partial charge in [0.2, 0.25) is 5.91 Å². The minimum absolute atomic E-state index is 0.00821. The highest BCUT2D eigenvalue weighted by molar-refractivity contribution is 5.92. The standard InChI is InChI=1S/C28H28N2O2/c29-19-22-8-12-26-25(18-22)28(20-32-26)14-16-30(17-15-28)27(31)13-9-21-6-10-24(11-7-21)23-4-2-1-3-5-23/h1-13,18H,14-17,19-20,29H2. The Morgan fingerprint density at radius 3 is 2.41 bits per heavy atom. The fraction of sp³-hybridized carbons (Fsp3) is 0.250. The van der Waals surface area contributed by atoms with E-state index in [4.69, 9.17) is 10.5 Å². The Morgan fingerprint density at radius 2 is 1.69 bits per heavy atom. The number of benzene rings is 3. The zero-order valence-electron chi connectivity index (χ0n) is 18.2. The van der Waals surface area contributed by atoms with Gasteiger partial charge in [-0.15, -0.1) is 0 Å². The van der Waals surface area contributed by atoms with Crippen LogP contribution in [-0.4, -0.2) is 30.5 Å². The number of carbonyl (C=O) groups excluding carboxylic acids is 1.